The van der Waals surface area contributed by atoms with E-state index in [0.29, 0.717) is 18.8 Å². The Hall–Kier alpha value is -2.87. The number of aromatic nitrogens is 1. The van der Waals surface area contributed by atoms with E-state index in [0.717, 1.165) is 18.8 Å². The molecule has 0 saturated carbocycles. The van der Waals surface area contributed by atoms with Gasteiger partial charge in [0.2, 0.25) is 0 Å². The van der Waals surface area contributed by atoms with Gasteiger partial charge in [0.15, 0.2) is 11.6 Å². The van der Waals surface area contributed by atoms with E-state index in [1.807, 2.05) is 6.07 Å². The van der Waals surface area contributed by atoms with Crippen LogP contribution in [0.15, 0.2) is 42.6 Å². The number of benzene rings is 1. The van der Waals surface area contributed by atoms with Crippen molar-refractivity contribution in [1.82, 2.24) is 4.98 Å². The van der Waals surface area contributed by atoms with Gasteiger partial charge < -0.3 is 19.5 Å². The summed E-state index contributed by atoms with van der Waals surface area (Å²) in [5.74, 6) is 0.667. The lowest BCUT2D eigenvalue weighted by Crippen LogP contribution is -2.27. The van der Waals surface area contributed by atoms with E-state index in [1.54, 1.807) is 30.5 Å². The molecule has 1 amide bonds. The van der Waals surface area contributed by atoms with Crippen LogP contribution >= 0.6 is 0 Å². The van der Waals surface area contributed by atoms with E-state index in [4.69, 9.17) is 14.6 Å². The monoisotopic (exact) mass is 373 g/mol. The van der Waals surface area contributed by atoms with Gasteiger partial charge in [0.25, 0.3) is 0 Å². The number of hydrogen-bond acceptors (Lipinski definition) is 6. The minimum absolute atomic E-state index is 0.109. The summed E-state index contributed by atoms with van der Waals surface area (Å²) >= 11 is 0. The van der Waals surface area contributed by atoms with Gasteiger partial charge in [-0.3, -0.25) is 4.90 Å². The molecule has 8 heteroatoms. The molecule has 2 aromatic rings. The Balaban J connectivity index is 1.39. The summed E-state index contributed by atoms with van der Waals surface area (Å²) in [7, 11) is 0. The highest BCUT2D eigenvalue weighted by Crippen LogP contribution is 2.26. The van der Waals surface area contributed by atoms with Crippen molar-refractivity contribution in [3.63, 3.8) is 0 Å². The molecule has 0 bridgehead atoms. The molecule has 1 aromatic carbocycles. The third-order valence-corrected chi connectivity index (χ3v) is 4.72. The summed E-state index contributed by atoms with van der Waals surface area (Å²) in [4.78, 5) is 19.8. The highest BCUT2D eigenvalue weighted by molar-refractivity contribution is 5.89. The lowest BCUT2D eigenvalue weighted by Gasteiger charge is -2.19. The van der Waals surface area contributed by atoms with E-state index in [1.165, 1.54) is 11.0 Å². The molecule has 0 radical (unpaired) electrons. The van der Waals surface area contributed by atoms with E-state index in [-0.39, 0.29) is 24.3 Å². The zero-order valence-electron chi connectivity index (χ0n) is 14.6. The van der Waals surface area contributed by atoms with Crippen molar-refractivity contribution in [1.29, 1.82) is 0 Å². The first kappa shape index (κ1) is 17.5. The van der Waals surface area contributed by atoms with E-state index in [2.05, 4.69) is 9.88 Å². The molecule has 2 saturated heterocycles. The van der Waals surface area contributed by atoms with Crippen LogP contribution in [0.1, 0.15) is 6.42 Å². The van der Waals surface area contributed by atoms with Crippen LogP contribution in [0, 0.1) is 5.82 Å². The predicted octanol–water partition coefficient (Wildman–Crippen LogP) is 2.20. The van der Waals surface area contributed by atoms with Crippen LogP contribution in [-0.4, -0.2) is 54.6 Å². The quantitative estimate of drug-likeness (QED) is 0.866. The summed E-state index contributed by atoms with van der Waals surface area (Å²) in [6, 6.07) is 10.0. The van der Waals surface area contributed by atoms with Crippen molar-refractivity contribution in [2.24, 2.45) is 0 Å². The third-order valence-electron chi connectivity index (χ3n) is 4.72. The molecule has 3 heterocycles. The second kappa shape index (κ2) is 7.40. The van der Waals surface area contributed by atoms with Crippen LogP contribution in [-0.2, 0) is 4.74 Å². The number of carbonyl (C=O) groups is 1. The normalized spacial score (nSPS) is 22.2. The van der Waals surface area contributed by atoms with E-state index in [9.17, 15) is 9.18 Å². The van der Waals surface area contributed by atoms with Crippen molar-refractivity contribution in [3.05, 3.63) is 48.4 Å². The summed E-state index contributed by atoms with van der Waals surface area (Å²) in [5, 5.41) is 9.12. The number of anilines is 2. The number of cyclic esters (lactones) is 1. The van der Waals surface area contributed by atoms with Crippen molar-refractivity contribution in [3.8, 4) is 5.75 Å². The number of rotatable bonds is 5. The maximum absolute atomic E-state index is 13.7. The van der Waals surface area contributed by atoms with Gasteiger partial charge in [-0.1, -0.05) is 12.1 Å². The molecule has 2 aliphatic rings. The van der Waals surface area contributed by atoms with Gasteiger partial charge in [0.05, 0.1) is 31.6 Å². The fourth-order valence-corrected chi connectivity index (χ4v) is 3.30. The molecule has 1 N–H and O–H groups in total. The number of aliphatic hydroxyl groups excluding tert-OH is 1. The Labute approximate surface area is 155 Å². The number of para-hydroxylation sites is 1. The van der Waals surface area contributed by atoms with Crippen molar-refractivity contribution in [2.45, 2.75) is 18.6 Å². The summed E-state index contributed by atoms with van der Waals surface area (Å²) < 4.78 is 24.5. The number of nitrogens with zero attached hydrogens (tertiary/aromatic N) is 3. The summed E-state index contributed by atoms with van der Waals surface area (Å²) in [6.07, 6.45) is 1.29. The SMILES string of the molecule is O=C1O[C@H](CO)CN1c1ccc(N2CC[C@H](Oc3ccccc3F)C2)nc1. The lowest BCUT2D eigenvalue weighted by atomic mass is 10.3. The smallest absolute Gasteiger partial charge is 0.414 e. The third kappa shape index (κ3) is 3.66. The van der Waals surface area contributed by atoms with Gasteiger partial charge in [0, 0.05) is 13.0 Å². The fourth-order valence-electron chi connectivity index (χ4n) is 3.30. The van der Waals surface area contributed by atoms with Gasteiger partial charge in [-0.15, -0.1) is 0 Å². The molecular formula is C19H20FN3O4. The Morgan fingerprint density at radius 2 is 2.11 bits per heavy atom. The van der Waals surface area contributed by atoms with Crippen LogP contribution in [0.5, 0.6) is 5.75 Å². The first-order chi connectivity index (χ1) is 13.1. The number of aliphatic hydroxyl groups is 1. The number of amides is 1. The molecular weight excluding hydrogens is 353 g/mol. The predicted molar refractivity (Wildman–Crippen MR) is 96.6 cm³/mol. The minimum atomic E-state index is -0.507. The summed E-state index contributed by atoms with van der Waals surface area (Å²) in [6.45, 7) is 1.46. The molecule has 0 unspecified atom stereocenters. The van der Waals surface area contributed by atoms with Gasteiger partial charge in [-0.05, 0) is 24.3 Å². The van der Waals surface area contributed by atoms with Crippen LogP contribution in [0.3, 0.4) is 0 Å². The molecule has 27 heavy (non-hydrogen) atoms. The molecule has 4 rings (SSSR count). The number of ether oxygens (including phenoxy) is 2. The molecule has 0 aliphatic carbocycles. The molecule has 142 valence electrons. The molecule has 2 aliphatic heterocycles. The highest BCUT2D eigenvalue weighted by Gasteiger charge is 2.32. The second-order valence-corrected chi connectivity index (χ2v) is 6.58. The number of carbonyl (C=O) groups excluding carboxylic acids is 1. The van der Waals surface area contributed by atoms with Crippen LogP contribution in [0.2, 0.25) is 0 Å². The number of halogens is 1. The van der Waals surface area contributed by atoms with E-state index >= 15 is 0 Å². The minimum Gasteiger partial charge on any atom is -0.485 e. The summed E-state index contributed by atoms with van der Waals surface area (Å²) in [5.41, 5.74) is 0.623. The zero-order valence-corrected chi connectivity index (χ0v) is 14.6. The van der Waals surface area contributed by atoms with Gasteiger partial charge >= 0.3 is 6.09 Å². The fraction of sp³-hybridized carbons (Fsp3) is 0.368. The first-order valence-electron chi connectivity index (χ1n) is 8.85. The first-order valence-corrected chi connectivity index (χ1v) is 8.85. The van der Waals surface area contributed by atoms with Gasteiger partial charge in [-0.25, -0.2) is 14.2 Å². The maximum Gasteiger partial charge on any atom is 0.414 e. The Morgan fingerprint density at radius 1 is 1.26 bits per heavy atom. The van der Waals surface area contributed by atoms with Crippen molar-refractivity contribution in [2.75, 3.05) is 36.0 Å². The average molecular weight is 373 g/mol. The van der Waals surface area contributed by atoms with Crippen LogP contribution in [0.4, 0.5) is 20.7 Å². The molecule has 0 spiro atoms. The van der Waals surface area contributed by atoms with Gasteiger partial charge in [0.1, 0.15) is 18.0 Å². The maximum atomic E-state index is 13.7. The van der Waals surface area contributed by atoms with Crippen LogP contribution in [0.25, 0.3) is 0 Å². The average Bonchev–Trinajstić information content (AvgIpc) is 3.30. The zero-order chi connectivity index (χ0) is 18.8. The lowest BCUT2D eigenvalue weighted by molar-refractivity contribution is 0.0963. The van der Waals surface area contributed by atoms with Crippen molar-refractivity contribution < 1.29 is 23.8 Å². The molecule has 2 atom stereocenters. The van der Waals surface area contributed by atoms with Crippen LogP contribution < -0.4 is 14.5 Å². The number of hydrogen-bond donors (Lipinski definition) is 1. The Bertz CT molecular complexity index is 817. The van der Waals surface area contributed by atoms with E-state index < -0.39 is 12.2 Å². The van der Waals surface area contributed by atoms with Crippen molar-refractivity contribution >= 4 is 17.6 Å². The molecule has 2 fully saturated rings. The second-order valence-electron chi connectivity index (χ2n) is 6.58. The Kier molecular flexibility index (Phi) is 4.81. The highest BCUT2D eigenvalue weighted by atomic mass is 19.1. The standard InChI is InChI=1S/C19H20FN3O4/c20-16-3-1-2-4-17(16)26-14-7-8-22(10-14)18-6-5-13(9-21-18)23-11-15(12-24)27-19(23)25/h1-6,9,14-15,24H,7-8,10-12H2/t14-,15-/m0/s1. The molecule has 7 nitrogen and oxygen atoms in total. The number of pyridine rings is 1. The molecule has 1 aromatic heterocycles. The Morgan fingerprint density at radius 3 is 2.81 bits per heavy atom. The topological polar surface area (TPSA) is 75.1 Å². The largest absolute Gasteiger partial charge is 0.485 e. The van der Waals surface area contributed by atoms with Gasteiger partial charge in [-0.2, -0.15) is 0 Å².